The van der Waals surface area contributed by atoms with E-state index in [2.05, 4.69) is 9.47 Å². The molecule has 92 valence electrons. The molecule has 4 atom stereocenters. The summed E-state index contributed by atoms with van der Waals surface area (Å²) in [5.74, 6) is -3.37. The second-order valence-electron chi connectivity index (χ2n) is 4.54. The molecule has 17 heavy (non-hydrogen) atoms. The molecule has 2 aliphatic rings. The van der Waals surface area contributed by atoms with Crippen molar-refractivity contribution in [1.82, 2.24) is 0 Å². The molecule has 0 spiro atoms. The third kappa shape index (κ3) is 1.94. The molecule has 0 aromatic carbocycles. The van der Waals surface area contributed by atoms with Crippen molar-refractivity contribution in [2.75, 3.05) is 0 Å². The van der Waals surface area contributed by atoms with E-state index in [9.17, 15) is 19.2 Å². The van der Waals surface area contributed by atoms with Gasteiger partial charge < -0.3 is 9.47 Å². The Labute approximate surface area is 97.3 Å². The van der Waals surface area contributed by atoms with E-state index in [1.54, 1.807) is 6.92 Å². The van der Waals surface area contributed by atoms with Crippen molar-refractivity contribution in [1.29, 1.82) is 0 Å². The van der Waals surface area contributed by atoms with Crippen molar-refractivity contribution in [3.8, 4) is 0 Å². The first-order valence-corrected chi connectivity index (χ1v) is 5.44. The van der Waals surface area contributed by atoms with Gasteiger partial charge in [-0.1, -0.05) is 6.92 Å². The molecule has 6 nitrogen and oxygen atoms in total. The highest BCUT2D eigenvalue weighted by molar-refractivity contribution is 5.97. The zero-order valence-corrected chi connectivity index (χ0v) is 9.25. The fourth-order valence-corrected chi connectivity index (χ4v) is 2.63. The number of carbonyl (C=O) groups is 4. The van der Waals surface area contributed by atoms with Gasteiger partial charge in [0.15, 0.2) is 0 Å². The van der Waals surface area contributed by atoms with Crippen LogP contribution in [0.15, 0.2) is 0 Å². The molecule has 0 radical (unpaired) electrons. The number of rotatable bonds is 2. The van der Waals surface area contributed by atoms with E-state index in [1.165, 1.54) is 0 Å². The Kier molecular flexibility index (Phi) is 2.95. The second-order valence-corrected chi connectivity index (χ2v) is 4.54. The summed E-state index contributed by atoms with van der Waals surface area (Å²) in [5, 5.41) is 0. The van der Waals surface area contributed by atoms with Crippen LogP contribution in [0.2, 0.25) is 0 Å². The Morgan fingerprint density at radius 2 is 1.88 bits per heavy atom. The fourth-order valence-electron chi connectivity index (χ4n) is 2.63. The highest BCUT2D eigenvalue weighted by Gasteiger charge is 2.51. The van der Waals surface area contributed by atoms with Gasteiger partial charge in [-0.2, -0.15) is 0 Å². The summed E-state index contributed by atoms with van der Waals surface area (Å²) >= 11 is 0. The van der Waals surface area contributed by atoms with Crippen LogP contribution in [0, 0.1) is 23.7 Å². The maximum absolute atomic E-state index is 11.5. The first-order valence-electron chi connectivity index (χ1n) is 5.44. The molecule has 1 aliphatic carbocycles. The van der Waals surface area contributed by atoms with Gasteiger partial charge in [-0.3, -0.25) is 19.2 Å². The molecule has 0 aromatic heterocycles. The molecule has 4 unspecified atom stereocenters. The lowest BCUT2D eigenvalue weighted by molar-refractivity contribution is -0.158. The lowest BCUT2D eigenvalue weighted by atomic mass is 9.70. The van der Waals surface area contributed by atoms with Crippen LogP contribution in [-0.2, 0) is 28.7 Å². The Bertz CT molecular complexity index is 387. The van der Waals surface area contributed by atoms with Crippen molar-refractivity contribution in [2.24, 2.45) is 23.7 Å². The van der Waals surface area contributed by atoms with E-state index in [4.69, 9.17) is 0 Å². The largest absolute Gasteiger partial charge is 0.395 e. The van der Waals surface area contributed by atoms with Crippen LogP contribution in [0.4, 0.5) is 0 Å². The summed E-state index contributed by atoms with van der Waals surface area (Å²) in [5.41, 5.74) is 0. The highest BCUT2D eigenvalue weighted by Crippen LogP contribution is 2.42. The standard InChI is InChI=1S/C11H12O6/c1-5-2-7-8(11(15)17-10(7)14)3-6(5)9(13)16-4-12/h4-8H,2-3H2,1H3. The number of esters is 3. The molecule has 2 rings (SSSR count). The molecule has 0 amide bonds. The second kappa shape index (κ2) is 4.27. The van der Waals surface area contributed by atoms with Gasteiger partial charge in [-0.15, -0.1) is 0 Å². The van der Waals surface area contributed by atoms with Crippen molar-refractivity contribution in [3.05, 3.63) is 0 Å². The average Bonchev–Trinajstić information content (AvgIpc) is 2.53. The summed E-state index contributed by atoms with van der Waals surface area (Å²) < 4.78 is 8.85. The van der Waals surface area contributed by atoms with Gasteiger partial charge in [0, 0.05) is 0 Å². The predicted octanol–water partition coefficient (Wildman–Crippen LogP) is 0.0479. The molecular weight excluding hydrogens is 228 g/mol. The van der Waals surface area contributed by atoms with Gasteiger partial charge in [0.05, 0.1) is 17.8 Å². The molecule has 0 bridgehead atoms. The van der Waals surface area contributed by atoms with Crippen molar-refractivity contribution >= 4 is 24.4 Å². The Morgan fingerprint density at radius 1 is 1.29 bits per heavy atom. The van der Waals surface area contributed by atoms with Gasteiger partial charge in [-0.25, -0.2) is 0 Å². The number of fused-ring (bicyclic) bond motifs is 1. The molecular formula is C11H12O6. The minimum absolute atomic E-state index is 0.0826. The van der Waals surface area contributed by atoms with Crippen LogP contribution in [0.25, 0.3) is 0 Å². The Morgan fingerprint density at radius 3 is 2.47 bits per heavy atom. The first-order chi connectivity index (χ1) is 8.04. The normalized spacial score (nSPS) is 36.1. The lowest BCUT2D eigenvalue weighted by Crippen LogP contribution is -2.37. The molecule has 0 N–H and O–H groups in total. The quantitative estimate of drug-likeness (QED) is 0.385. The van der Waals surface area contributed by atoms with Crippen LogP contribution in [0.1, 0.15) is 19.8 Å². The van der Waals surface area contributed by atoms with Crippen molar-refractivity contribution < 1.29 is 28.7 Å². The molecule has 0 aromatic rings. The smallest absolute Gasteiger partial charge is 0.317 e. The highest BCUT2D eigenvalue weighted by atomic mass is 16.6. The van der Waals surface area contributed by atoms with Crippen LogP contribution >= 0.6 is 0 Å². The molecule has 1 saturated carbocycles. The topological polar surface area (TPSA) is 86.7 Å². The third-order valence-electron chi connectivity index (χ3n) is 3.58. The zero-order chi connectivity index (χ0) is 12.6. The van der Waals surface area contributed by atoms with E-state index >= 15 is 0 Å². The minimum Gasteiger partial charge on any atom is -0.395 e. The van der Waals surface area contributed by atoms with E-state index < -0.39 is 35.7 Å². The summed E-state index contributed by atoms with van der Waals surface area (Å²) in [7, 11) is 0. The molecule has 1 saturated heterocycles. The minimum atomic E-state index is -0.641. The monoisotopic (exact) mass is 240 g/mol. The number of carbonyl (C=O) groups excluding carboxylic acids is 4. The first kappa shape index (κ1) is 11.8. The van der Waals surface area contributed by atoms with Crippen LogP contribution in [0.5, 0.6) is 0 Å². The third-order valence-corrected chi connectivity index (χ3v) is 3.58. The number of ether oxygens (including phenoxy) is 2. The molecule has 1 aliphatic heterocycles. The van der Waals surface area contributed by atoms with E-state index in [0.29, 0.717) is 6.42 Å². The van der Waals surface area contributed by atoms with Crippen LogP contribution in [-0.4, -0.2) is 24.4 Å². The summed E-state index contributed by atoms with van der Waals surface area (Å²) in [6.45, 7) is 1.88. The Hall–Kier alpha value is -1.72. The van der Waals surface area contributed by atoms with Crippen molar-refractivity contribution in [3.63, 3.8) is 0 Å². The van der Waals surface area contributed by atoms with Gasteiger partial charge in [0.2, 0.25) is 0 Å². The molecule has 1 heterocycles. The van der Waals surface area contributed by atoms with Gasteiger partial charge in [0.25, 0.3) is 0 Å². The summed E-state index contributed by atoms with van der Waals surface area (Å²) in [6.07, 6.45) is 0.622. The lowest BCUT2D eigenvalue weighted by Gasteiger charge is -2.31. The Balaban J connectivity index is 2.14. The van der Waals surface area contributed by atoms with Gasteiger partial charge >= 0.3 is 24.4 Å². The van der Waals surface area contributed by atoms with Crippen LogP contribution in [0.3, 0.4) is 0 Å². The molecule has 2 fully saturated rings. The predicted molar refractivity (Wildman–Crippen MR) is 52.1 cm³/mol. The number of cyclic esters (lactones) is 2. The van der Waals surface area contributed by atoms with Gasteiger partial charge in [-0.05, 0) is 18.8 Å². The van der Waals surface area contributed by atoms with E-state index in [0.717, 1.165) is 0 Å². The number of hydrogen-bond donors (Lipinski definition) is 0. The summed E-state index contributed by atoms with van der Waals surface area (Å²) in [6, 6.07) is 0. The average molecular weight is 240 g/mol. The fraction of sp³-hybridized carbons (Fsp3) is 0.636. The maximum Gasteiger partial charge on any atom is 0.317 e. The zero-order valence-electron chi connectivity index (χ0n) is 9.25. The SMILES string of the molecule is CC1CC2C(=O)OC(=O)C2CC1C(=O)OC=O. The van der Waals surface area contributed by atoms with Crippen LogP contribution < -0.4 is 0 Å². The summed E-state index contributed by atoms with van der Waals surface area (Å²) in [4.78, 5) is 44.4. The van der Waals surface area contributed by atoms with E-state index in [-0.39, 0.29) is 18.8 Å². The van der Waals surface area contributed by atoms with Gasteiger partial charge in [0.1, 0.15) is 0 Å². The number of hydrogen-bond acceptors (Lipinski definition) is 6. The molecule has 6 heteroatoms. The maximum atomic E-state index is 11.5. The van der Waals surface area contributed by atoms with Crippen molar-refractivity contribution in [2.45, 2.75) is 19.8 Å². The van der Waals surface area contributed by atoms with E-state index in [1.807, 2.05) is 0 Å².